The Morgan fingerprint density at radius 1 is 0.944 bits per heavy atom. The molecule has 1 heterocycles. The molecule has 36 heavy (non-hydrogen) atoms. The van der Waals surface area contributed by atoms with Crippen molar-refractivity contribution < 1.29 is 14.6 Å². The number of carbonyl (C=O) groups is 1. The van der Waals surface area contributed by atoms with E-state index >= 15 is 0 Å². The van der Waals surface area contributed by atoms with Crippen LogP contribution in [0, 0.1) is 0 Å². The minimum Gasteiger partial charge on any atom is -0.478 e. The molecule has 5 heteroatoms. The van der Waals surface area contributed by atoms with Crippen molar-refractivity contribution in [3.63, 3.8) is 0 Å². The molecule has 0 unspecified atom stereocenters. The van der Waals surface area contributed by atoms with E-state index in [1.165, 1.54) is 28.4 Å². The van der Waals surface area contributed by atoms with Crippen LogP contribution in [0.15, 0.2) is 84.9 Å². The average Bonchev–Trinajstić information content (AvgIpc) is 3.27. The number of carboxylic acid groups (broad SMARTS) is 1. The molecule has 1 aliphatic rings. The number of benzene rings is 4. The Balaban J connectivity index is 1.26. The summed E-state index contributed by atoms with van der Waals surface area (Å²) in [4.78, 5) is 13.6. The summed E-state index contributed by atoms with van der Waals surface area (Å²) in [7, 11) is 0. The van der Waals surface area contributed by atoms with Gasteiger partial charge >= 0.3 is 5.97 Å². The highest BCUT2D eigenvalue weighted by Gasteiger charge is 2.20. The van der Waals surface area contributed by atoms with E-state index in [2.05, 4.69) is 61.2 Å². The molecular weight excluding hydrogens is 470 g/mol. The molecule has 0 bridgehead atoms. The van der Waals surface area contributed by atoms with E-state index in [-0.39, 0.29) is 5.56 Å². The van der Waals surface area contributed by atoms with Crippen LogP contribution in [0.2, 0.25) is 5.02 Å². The molecule has 0 spiro atoms. The number of nitrogens with zero attached hydrogens (tertiary/aromatic N) is 1. The first kappa shape index (κ1) is 24.0. The summed E-state index contributed by atoms with van der Waals surface area (Å²) in [6, 6.07) is 27.8. The van der Waals surface area contributed by atoms with Crippen LogP contribution in [0.25, 0.3) is 11.1 Å². The Morgan fingerprint density at radius 2 is 1.64 bits per heavy atom. The lowest BCUT2D eigenvalue weighted by molar-refractivity contribution is 0.0697. The van der Waals surface area contributed by atoms with Crippen LogP contribution in [0.1, 0.15) is 46.8 Å². The molecule has 0 radical (unpaired) electrons. The summed E-state index contributed by atoms with van der Waals surface area (Å²) in [6.07, 6.45) is 0.960. The standard InChI is InChI=1S/C31H28ClNO3/c1-20(2)22-5-11-27(12-6-22)36-26-9-3-21(4-10-26)19-33-16-15-24-17-23(8-14-30(24)33)28-13-7-25(31(34)35)18-29(28)32/h3-14,17-18,20H,15-16,19H2,1-2H3,(H,34,35). The number of carboxylic acids is 1. The SMILES string of the molecule is CC(C)c1ccc(Oc2ccc(CN3CCc4cc(-c5ccc(C(=O)O)cc5Cl)ccc43)cc2)cc1. The normalized spacial score (nSPS) is 12.6. The molecule has 4 aromatic rings. The van der Waals surface area contributed by atoms with Gasteiger partial charge in [-0.05, 0) is 83.1 Å². The third kappa shape index (κ3) is 5.09. The Bertz CT molecular complexity index is 1390. The lowest BCUT2D eigenvalue weighted by Gasteiger charge is -2.20. The first-order valence-electron chi connectivity index (χ1n) is 12.2. The summed E-state index contributed by atoms with van der Waals surface area (Å²) in [5.74, 6) is 1.19. The van der Waals surface area contributed by atoms with E-state index in [0.29, 0.717) is 10.9 Å². The largest absolute Gasteiger partial charge is 0.478 e. The van der Waals surface area contributed by atoms with Gasteiger partial charge in [-0.3, -0.25) is 0 Å². The fraction of sp³-hybridized carbons (Fsp3) is 0.194. The molecule has 4 nitrogen and oxygen atoms in total. The maximum atomic E-state index is 11.2. The quantitative estimate of drug-likeness (QED) is 0.279. The Hall–Kier alpha value is -3.76. The smallest absolute Gasteiger partial charge is 0.335 e. The Kier molecular flexibility index (Phi) is 6.71. The third-order valence-corrected chi connectivity index (χ3v) is 6.99. The van der Waals surface area contributed by atoms with Gasteiger partial charge in [-0.25, -0.2) is 4.79 Å². The topological polar surface area (TPSA) is 49.8 Å². The highest BCUT2D eigenvalue weighted by Crippen LogP contribution is 2.36. The maximum Gasteiger partial charge on any atom is 0.335 e. The molecule has 1 N–H and O–H groups in total. The zero-order valence-corrected chi connectivity index (χ0v) is 21.1. The number of aromatic carboxylic acids is 1. The summed E-state index contributed by atoms with van der Waals surface area (Å²) >= 11 is 6.39. The molecular formula is C31H28ClNO3. The second-order valence-corrected chi connectivity index (χ2v) is 9.89. The minimum atomic E-state index is -0.979. The molecule has 0 fully saturated rings. The fourth-order valence-electron chi connectivity index (χ4n) is 4.62. The zero-order valence-electron chi connectivity index (χ0n) is 20.4. The van der Waals surface area contributed by atoms with Gasteiger partial charge in [0.15, 0.2) is 0 Å². The van der Waals surface area contributed by atoms with Crippen molar-refractivity contribution in [3.8, 4) is 22.6 Å². The predicted octanol–water partition coefficient (Wildman–Crippen LogP) is 8.18. The number of hydrogen-bond acceptors (Lipinski definition) is 3. The number of rotatable bonds is 7. The molecule has 0 aliphatic carbocycles. The Labute approximate surface area is 216 Å². The van der Waals surface area contributed by atoms with Crippen LogP contribution < -0.4 is 9.64 Å². The van der Waals surface area contributed by atoms with Crippen molar-refractivity contribution in [1.29, 1.82) is 0 Å². The molecule has 0 atom stereocenters. The zero-order chi connectivity index (χ0) is 25.2. The number of anilines is 1. The van der Waals surface area contributed by atoms with E-state index in [4.69, 9.17) is 16.3 Å². The first-order valence-corrected chi connectivity index (χ1v) is 12.5. The second kappa shape index (κ2) is 10.1. The highest BCUT2D eigenvalue weighted by atomic mass is 35.5. The Morgan fingerprint density at radius 3 is 2.28 bits per heavy atom. The van der Waals surface area contributed by atoms with Crippen molar-refractivity contribution in [3.05, 3.63) is 112 Å². The minimum absolute atomic E-state index is 0.191. The number of hydrogen-bond donors (Lipinski definition) is 1. The summed E-state index contributed by atoms with van der Waals surface area (Å²) in [5, 5.41) is 9.63. The van der Waals surface area contributed by atoms with Gasteiger partial charge in [0.1, 0.15) is 11.5 Å². The van der Waals surface area contributed by atoms with Crippen molar-refractivity contribution in [2.45, 2.75) is 32.7 Å². The van der Waals surface area contributed by atoms with Gasteiger partial charge in [0.05, 0.1) is 5.56 Å². The van der Waals surface area contributed by atoms with E-state index in [9.17, 15) is 9.90 Å². The van der Waals surface area contributed by atoms with E-state index in [0.717, 1.165) is 42.1 Å². The van der Waals surface area contributed by atoms with Crippen LogP contribution in [0.5, 0.6) is 11.5 Å². The molecule has 182 valence electrons. The van der Waals surface area contributed by atoms with Crippen LogP contribution in [-0.4, -0.2) is 17.6 Å². The van der Waals surface area contributed by atoms with Gasteiger partial charge < -0.3 is 14.7 Å². The summed E-state index contributed by atoms with van der Waals surface area (Å²) in [6.45, 7) is 6.14. The molecule has 0 saturated heterocycles. The molecule has 4 aromatic carbocycles. The van der Waals surface area contributed by atoms with Crippen LogP contribution in [0.4, 0.5) is 5.69 Å². The van der Waals surface area contributed by atoms with Gasteiger partial charge in [0.25, 0.3) is 0 Å². The van der Waals surface area contributed by atoms with E-state index in [1.807, 2.05) is 24.3 Å². The lowest BCUT2D eigenvalue weighted by Crippen LogP contribution is -2.19. The number of fused-ring (bicyclic) bond motifs is 1. The number of halogens is 1. The molecule has 0 saturated carbocycles. The van der Waals surface area contributed by atoms with Crippen LogP contribution in [0.3, 0.4) is 0 Å². The second-order valence-electron chi connectivity index (χ2n) is 9.48. The lowest BCUT2D eigenvalue weighted by atomic mass is 10.0. The van der Waals surface area contributed by atoms with Crippen LogP contribution >= 0.6 is 11.6 Å². The van der Waals surface area contributed by atoms with Gasteiger partial charge in [0.2, 0.25) is 0 Å². The van der Waals surface area contributed by atoms with Gasteiger partial charge in [-0.2, -0.15) is 0 Å². The highest BCUT2D eigenvalue weighted by molar-refractivity contribution is 6.33. The van der Waals surface area contributed by atoms with Crippen molar-refractivity contribution >= 4 is 23.3 Å². The van der Waals surface area contributed by atoms with Gasteiger partial charge in [-0.15, -0.1) is 0 Å². The van der Waals surface area contributed by atoms with E-state index in [1.54, 1.807) is 12.1 Å². The predicted molar refractivity (Wildman–Crippen MR) is 146 cm³/mol. The van der Waals surface area contributed by atoms with Gasteiger partial charge in [-0.1, -0.05) is 61.8 Å². The number of ether oxygens (including phenoxy) is 1. The molecule has 5 rings (SSSR count). The van der Waals surface area contributed by atoms with Crippen molar-refractivity contribution in [2.24, 2.45) is 0 Å². The summed E-state index contributed by atoms with van der Waals surface area (Å²) in [5.41, 5.74) is 7.06. The van der Waals surface area contributed by atoms with Crippen molar-refractivity contribution in [2.75, 3.05) is 11.4 Å². The first-order chi connectivity index (χ1) is 17.4. The maximum absolute atomic E-state index is 11.2. The summed E-state index contributed by atoms with van der Waals surface area (Å²) < 4.78 is 6.02. The van der Waals surface area contributed by atoms with Crippen molar-refractivity contribution in [1.82, 2.24) is 0 Å². The molecule has 1 aliphatic heterocycles. The molecule has 0 aromatic heterocycles. The van der Waals surface area contributed by atoms with Gasteiger partial charge in [0, 0.05) is 29.4 Å². The average molecular weight is 498 g/mol. The monoisotopic (exact) mass is 497 g/mol. The fourth-order valence-corrected chi connectivity index (χ4v) is 4.91. The molecule has 0 amide bonds. The van der Waals surface area contributed by atoms with E-state index < -0.39 is 5.97 Å². The van der Waals surface area contributed by atoms with Crippen LogP contribution in [-0.2, 0) is 13.0 Å². The third-order valence-electron chi connectivity index (χ3n) is 6.68.